The molecule has 0 amide bonds. The molecule has 6 N–H and O–H groups in total. The zero-order chi connectivity index (χ0) is 92.8. The second-order valence-electron chi connectivity index (χ2n) is 25.9. The Bertz CT molecular complexity index is 5600. The second kappa shape index (κ2) is 51.7. The molecule has 4 radical (unpaired) electrons. The zero-order valence-electron chi connectivity index (χ0n) is 66.4. The number of benzene rings is 8. The van der Waals surface area contributed by atoms with Gasteiger partial charge in [-0.15, -0.1) is 75.0 Å². The molecule has 0 aliphatic carbocycles. The van der Waals surface area contributed by atoms with Crippen molar-refractivity contribution in [2.45, 2.75) is 117 Å². The molecule has 0 aliphatic rings. The van der Waals surface area contributed by atoms with E-state index in [0.717, 1.165) is 13.8 Å². The van der Waals surface area contributed by atoms with Crippen molar-refractivity contribution in [1.29, 1.82) is 0 Å². The van der Waals surface area contributed by atoms with E-state index in [2.05, 4.69) is 73.1 Å². The molecule has 6 unspecified atom stereocenters. The summed E-state index contributed by atoms with van der Waals surface area (Å²) in [6.07, 6.45) is -3.96. The average Bonchev–Trinajstić information content (AvgIpc) is 1.76. The molecule has 0 bridgehead atoms. The van der Waals surface area contributed by atoms with Gasteiger partial charge in [0.1, 0.15) is 28.8 Å². The van der Waals surface area contributed by atoms with Crippen LogP contribution in [0.2, 0.25) is 0 Å². The standard InChI is InChI=1S/C16H7F6N2O.C14H3F6N2O.C14H4F5N2O.C14H7F2N2O.C8H4F3N4.3C5H12O2.4Ir/c1-5-11(19)7(3-9(17)13(5)21)15-23-24-16(25-15)8-4-10(18)14(22)6(2)12(8)20;15-7-3-11(19)9(17)1-5(7)13-21-22-14(23-13)6-2-10(18)12(20)4-8(6)16;15-8-7(9(16)11(18)12(19)10(8)17)14-21-20-13(22-14)6-4-2-1-3-5-6;15-11-5-1-9(2-6-11)13-17-18-14(19-13)10-3-7-12(16)8-4-10;9-8(10,11)7-13-6(14-15-7)5-3-1-2-4-12-5;3*1-4(6)3-5(2)7;;;;/h3H,1-2H3;1,3-4H;1-4H;1-3,5-8H;1-4H;3*4-7H,3H2,1-2H3;;;;/q5*-1;;;;;;;. The molecule has 22 nitrogen and oxygen atoms in total. The van der Waals surface area contributed by atoms with Gasteiger partial charge >= 0.3 is 6.18 Å². The summed E-state index contributed by atoms with van der Waals surface area (Å²) in [4.78, 5) is 7.05. The van der Waals surface area contributed by atoms with E-state index in [1.54, 1.807) is 90.1 Å². The van der Waals surface area contributed by atoms with Crippen molar-refractivity contribution >= 4 is 0 Å². The van der Waals surface area contributed by atoms with E-state index in [4.69, 9.17) is 48.3 Å². The molecular formula is C81H61F22Ir4N12O10-5. The van der Waals surface area contributed by atoms with Crippen LogP contribution in [0.1, 0.15) is 77.8 Å². The molecule has 129 heavy (non-hydrogen) atoms. The Morgan fingerprint density at radius 1 is 0.380 bits per heavy atom. The van der Waals surface area contributed by atoms with E-state index in [1.165, 1.54) is 54.7 Å². The van der Waals surface area contributed by atoms with Gasteiger partial charge in [0.05, 0.1) is 76.7 Å². The number of aromatic nitrogens is 12. The molecule has 6 aromatic heterocycles. The van der Waals surface area contributed by atoms with E-state index in [-0.39, 0.29) is 170 Å². The third-order valence-corrected chi connectivity index (χ3v) is 15.3. The largest absolute Gasteiger partial charge is 0.464 e. The van der Waals surface area contributed by atoms with Crippen LogP contribution in [0.15, 0.2) is 133 Å². The van der Waals surface area contributed by atoms with Gasteiger partial charge < -0.3 is 58.4 Å². The van der Waals surface area contributed by atoms with Crippen molar-refractivity contribution in [3.63, 3.8) is 0 Å². The van der Waals surface area contributed by atoms with E-state index in [0.29, 0.717) is 48.1 Å². The van der Waals surface area contributed by atoms with Crippen LogP contribution in [0.25, 0.3) is 103 Å². The summed E-state index contributed by atoms with van der Waals surface area (Å²) in [6.45, 7) is 11.9. The van der Waals surface area contributed by atoms with Gasteiger partial charge in [-0.2, -0.15) is 33.6 Å². The van der Waals surface area contributed by atoms with Crippen molar-refractivity contribution in [3.05, 3.63) is 267 Å². The van der Waals surface area contributed by atoms with Crippen LogP contribution in [0, 0.1) is 149 Å². The summed E-state index contributed by atoms with van der Waals surface area (Å²) in [6, 6.07) is 31.2. The molecule has 700 valence electrons. The fraction of sp³-hybridized carbons (Fsp3) is 0.222. The molecule has 48 heteroatoms. The minimum absolute atomic E-state index is 0. The quantitative estimate of drug-likeness (QED) is 0.0240. The van der Waals surface area contributed by atoms with Crippen LogP contribution in [0.4, 0.5) is 96.6 Å². The SMILES string of the molecule is CC(O)CC(C)O.CC(O)CC(C)O.CC(O)CC(C)O.Cc1c(F)c(F)[c-]c(-c2nnc(-c3cc(F)c(F)c(C)c3F)o2)c1F.FC(F)(F)c1n[n-]c(-c2ccccn2)n1.Fc1[c-]c(-c2nnc(-c3cc(F)c(F)cc3F)o2)c(F)cc1F.Fc1c(F)c(F)c(-c2nnc(-c3[c-]cccc3)o2)c(F)c1F.Fc1c[c-]c(-c2nnc(-c3ccc(F)cc3)o2)cc1.[Ir].[Ir].[Ir].[Ir]. The topological polar surface area (TPSA) is 330 Å². The maximum absolute atomic E-state index is 14.1. The fourth-order valence-electron chi connectivity index (χ4n) is 9.66. The second-order valence-corrected chi connectivity index (χ2v) is 25.9. The molecular weight excluding hydrogens is 2490 g/mol. The minimum atomic E-state index is -4.57. The van der Waals surface area contributed by atoms with Gasteiger partial charge in [-0.25, -0.2) is 61.5 Å². The van der Waals surface area contributed by atoms with Crippen LogP contribution in [-0.2, 0) is 86.6 Å². The van der Waals surface area contributed by atoms with E-state index >= 15 is 0 Å². The molecule has 0 saturated carbocycles. The fourth-order valence-corrected chi connectivity index (χ4v) is 9.66. The predicted molar refractivity (Wildman–Crippen MR) is 392 cm³/mol. The number of aliphatic hydroxyl groups is 6. The maximum Gasteiger partial charge on any atom is 0.429 e. The van der Waals surface area contributed by atoms with Gasteiger partial charge in [0.25, 0.3) is 0 Å². The smallest absolute Gasteiger partial charge is 0.429 e. The third kappa shape index (κ3) is 32.2. The summed E-state index contributed by atoms with van der Waals surface area (Å²) < 4.78 is 310. The van der Waals surface area contributed by atoms with Crippen molar-refractivity contribution < 1.29 is 225 Å². The summed E-state index contributed by atoms with van der Waals surface area (Å²) in [5.74, 6) is -31.7. The predicted octanol–water partition coefficient (Wildman–Crippen LogP) is 18.0. The first-order chi connectivity index (χ1) is 58.8. The van der Waals surface area contributed by atoms with Crippen LogP contribution >= 0.6 is 0 Å². The summed E-state index contributed by atoms with van der Waals surface area (Å²) in [5, 5.41) is 85.6. The van der Waals surface area contributed by atoms with Crippen molar-refractivity contribution in [2.75, 3.05) is 0 Å². The van der Waals surface area contributed by atoms with Crippen LogP contribution < -0.4 is 5.10 Å². The Kier molecular flexibility index (Phi) is 45.1. The molecule has 0 saturated heterocycles. The van der Waals surface area contributed by atoms with Gasteiger partial charge in [0.2, 0.25) is 29.4 Å². The maximum atomic E-state index is 14.1. The summed E-state index contributed by atoms with van der Waals surface area (Å²) >= 11 is 0. The number of pyridine rings is 1. The van der Waals surface area contributed by atoms with Crippen LogP contribution in [-0.4, -0.2) is 123 Å². The molecule has 14 aromatic rings. The summed E-state index contributed by atoms with van der Waals surface area (Å²) in [7, 11) is 0. The number of aliphatic hydroxyl groups excluding tert-OH is 6. The Labute approximate surface area is 769 Å². The summed E-state index contributed by atoms with van der Waals surface area (Å²) in [5.41, 5.74) is -3.33. The number of hydrogen-bond donors (Lipinski definition) is 6. The molecule has 0 fully saturated rings. The van der Waals surface area contributed by atoms with Crippen LogP contribution in [0.3, 0.4) is 0 Å². The Morgan fingerprint density at radius 2 is 0.814 bits per heavy atom. The average molecular weight is 2550 g/mol. The Hall–Kier alpha value is -10.6. The number of alkyl halides is 3. The monoisotopic (exact) mass is 2550 g/mol. The molecule has 0 aliphatic heterocycles. The van der Waals surface area contributed by atoms with E-state index in [9.17, 15) is 96.6 Å². The molecule has 14 rings (SSSR count). The number of rotatable bonds is 15. The van der Waals surface area contributed by atoms with E-state index in [1.807, 2.05) is 0 Å². The van der Waals surface area contributed by atoms with Gasteiger partial charge in [0.15, 0.2) is 70.1 Å². The third-order valence-electron chi connectivity index (χ3n) is 15.3. The van der Waals surface area contributed by atoms with Gasteiger partial charge in [-0.3, -0.25) is 32.0 Å². The van der Waals surface area contributed by atoms with Crippen LogP contribution in [0.5, 0.6) is 0 Å². The molecule has 0 spiro atoms. The van der Waals surface area contributed by atoms with Crippen molar-refractivity contribution in [1.82, 2.24) is 61.0 Å². The van der Waals surface area contributed by atoms with Crippen molar-refractivity contribution in [3.8, 4) is 103 Å². The zero-order valence-corrected chi connectivity index (χ0v) is 76.0. The first-order valence-corrected chi connectivity index (χ1v) is 35.4. The first-order valence-electron chi connectivity index (χ1n) is 35.4. The van der Waals surface area contributed by atoms with Gasteiger partial charge in [0, 0.05) is 121 Å². The Balaban J connectivity index is 0.000000393. The first kappa shape index (κ1) is 113. The normalized spacial score (nSPS) is 12.0. The van der Waals surface area contributed by atoms with Gasteiger partial charge in [-0.05, 0) is 133 Å². The molecule has 6 heterocycles. The number of halogens is 22. The Morgan fingerprint density at radius 3 is 1.30 bits per heavy atom. The number of hydrogen-bond acceptors (Lipinski definition) is 21. The molecule has 6 atom stereocenters. The minimum Gasteiger partial charge on any atom is -0.464 e. The van der Waals surface area contributed by atoms with E-state index < -0.39 is 179 Å². The van der Waals surface area contributed by atoms with Gasteiger partial charge in [-0.1, -0.05) is 47.9 Å². The van der Waals surface area contributed by atoms with Crippen molar-refractivity contribution in [2.24, 2.45) is 0 Å². The number of nitrogens with zero attached hydrogens (tertiary/aromatic N) is 12. The molecule has 8 aromatic carbocycles.